The average molecular weight is 284 g/mol. The van der Waals surface area contributed by atoms with Gasteiger partial charge in [-0.1, -0.05) is 13.0 Å². The van der Waals surface area contributed by atoms with Crippen LogP contribution >= 0.6 is 0 Å². The van der Waals surface area contributed by atoms with E-state index in [2.05, 4.69) is 53.7 Å². The number of rotatable bonds is 4. The Labute approximate surface area is 126 Å². The van der Waals surface area contributed by atoms with Crippen LogP contribution in [0.4, 0.5) is 11.4 Å². The van der Waals surface area contributed by atoms with Gasteiger partial charge in [0, 0.05) is 24.5 Å². The molecule has 4 heteroatoms. The van der Waals surface area contributed by atoms with Crippen LogP contribution < -0.4 is 10.6 Å². The summed E-state index contributed by atoms with van der Waals surface area (Å²) in [6.07, 6.45) is 2.10. The van der Waals surface area contributed by atoms with Gasteiger partial charge in [0.05, 0.1) is 17.9 Å². The predicted molar refractivity (Wildman–Crippen MR) is 87.6 cm³/mol. The van der Waals surface area contributed by atoms with Crippen LogP contribution in [0.5, 0.6) is 0 Å². The number of aryl methyl sites for hydroxylation is 3. The summed E-state index contributed by atoms with van der Waals surface area (Å²) in [7, 11) is 0. The molecular weight excluding hydrogens is 260 g/mol. The van der Waals surface area contributed by atoms with Crippen LogP contribution in [-0.2, 0) is 25.9 Å². The third kappa shape index (κ3) is 2.50. The molecule has 0 aliphatic carbocycles. The minimum Gasteiger partial charge on any atom is -0.398 e. The van der Waals surface area contributed by atoms with E-state index >= 15 is 0 Å². The zero-order valence-electron chi connectivity index (χ0n) is 13.2. The highest BCUT2D eigenvalue weighted by molar-refractivity contribution is 5.67. The number of hydrogen-bond donors (Lipinski definition) is 1. The Kier molecular flexibility index (Phi) is 3.62. The van der Waals surface area contributed by atoms with Crippen molar-refractivity contribution in [3.05, 3.63) is 40.7 Å². The minimum atomic E-state index is 0.888. The second kappa shape index (κ2) is 5.43. The number of nitrogens with two attached hydrogens (primary N) is 1. The van der Waals surface area contributed by atoms with Crippen LogP contribution in [0.3, 0.4) is 0 Å². The number of nitrogens with zero attached hydrogens (tertiary/aromatic N) is 3. The Bertz CT molecular complexity index is 657. The SMILES string of the molecule is CCc1cc(CN2CCc3cc(C)c(N)cc32)n(CC)n1. The molecule has 21 heavy (non-hydrogen) atoms. The van der Waals surface area contributed by atoms with Crippen molar-refractivity contribution in [1.82, 2.24) is 9.78 Å². The third-order valence-corrected chi connectivity index (χ3v) is 4.39. The molecule has 0 unspecified atom stereocenters. The summed E-state index contributed by atoms with van der Waals surface area (Å²) >= 11 is 0. The van der Waals surface area contributed by atoms with Gasteiger partial charge in [-0.15, -0.1) is 0 Å². The first kappa shape index (κ1) is 14.0. The molecule has 0 radical (unpaired) electrons. The van der Waals surface area contributed by atoms with Crippen molar-refractivity contribution in [3.63, 3.8) is 0 Å². The molecule has 1 aliphatic heterocycles. The molecule has 0 saturated carbocycles. The van der Waals surface area contributed by atoms with Crippen LogP contribution in [0.2, 0.25) is 0 Å². The Morgan fingerprint density at radius 3 is 2.76 bits per heavy atom. The van der Waals surface area contributed by atoms with Crippen LogP contribution in [0.25, 0.3) is 0 Å². The average Bonchev–Trinajstić information content (AvgIpc) is 3.05. The number of nitrogen functional groups attached to an aromatic ring is 1. The van der Waals surface area contributed by atoms with Gasteiger partial charge in [-0.3, -0.25) is 4.68 Å². The monoisotopic (exact) mass is 284 g/mol. The lowest BCUT2D eigenvalue weighted by Crippen LogP contribution is -2.22. The largest absolute Gasteiger partial charge is 0.398 e. The van der Waals surface area contributed by atoms with Crippen molar-refractivity contribution in [1.29, 1.82) is 0 Å². The van der Waals surface area contributed by atoms with E-state index in [0.29, 0.717) is 0 Å². The van der Waals surface area contributed by atoms with Crippen molar-refractivity contribution in [2.45, 2.75) is 46.7 Å². The number of benzene rings is 1. The minimum absolute atomic E-state index is 0.888. The summed E-state index contributed by atoms with van der Waals surface area (Å²) in [5.41, 5.74) is 13.3. The lowest BCUT2D eigenvalue weighted by Gasteiger charge is -2.20. The molecule has 4 nitrogen and oxygen atoms in total. The lowest BCUT2D eigenvalue weighted by molar-refractivity contribution is 0.606. The van der Waals surface area contributed by atoms with Crippen molar-refractivity contribution in [3.8, 4) is 0 Å². The molecule has 3 rings (SSSR count). The van der Waals surface area contributed by atoms with Gasteiger partial charge >= 0.3 is 0 Å². The fourth-order valence-electron chi connectivity index (χ4n) is 3.09. The standard InChI is InChI=1S/C17H24N4/c1-4-14-9-15(21(5-2)19-14)11-20-7-6-13-8-12(3)16(18)10-17(13)20/h8-10H,4-7,11,18H2,1-3H3. The van der Waals surface area contributed by atoms with E-state index in [0.717, 1.165) is 38.2 Å². The van der Waals surface area contributed by atoms with E-state index in [1.54, 1.807) is 0 Å². The van der Waals surface area contributed by atoms with E-state index in [-0.39, 0.29) is 0 Å². The zero-order chi connectivity index (χ0) is 15.0. The maximum absolute atomic E-state index is 6.09. The summed E-state index contributed by atoms with van der Waals surface area (Å²) in [6, 6.07) is 6.60. The van der Waals surface area contributed by atoms with Crippen LogP contribution in [-0.4, -0.2) is 16.3 Å². The number of fused-ring (bicyclic) bond motifs is 1. The van der Waals surface area contributed by atoms with Crippen molar-refractivity contribution >= 4 is 11.4 Å². The molecule has 0 fully saturated rings. The Morgan fingerprint density at radius 1 is 1.24 bits per heavy atom. The van der Waals surface area contributed by atoms with E-state index in [4.69, 9.17) is 5.73 Å². The second-order valence-electron chi connectivity index (χ2n) is 5.81. The van der Waals surface area contributed by atoms with Crippen molar-refractivity contribution in [2.75, 3.05) is 17.2 Å². The van der Waals surface area contributed by atoms with Crippen LogP contribution in [0.1, 0.15) is 36.4 Å². The zero-order valence-corrected chi connectivity index (χ0v) is 13.2. The first-order valence-corrected chi connectivity index (χ1v) is 7.82. The normalized spacial score (nSPS) is 13.8. The smallest absolute Gasteiger partial charge is 0.0625 e. The van der Waals surface area contributed by atoms with Crippen LogP contribution in [0, 0.1) is 6.92 Å². The molecular formula is C17H24N4. The van der Waals surface area contributed by atoms with E-state index in [1.165, 1.54) is 28.2 Å². The van der Waals surface area contributed by atoms with Gasteiger partial charge in [0.1, 0.15) is 0 Å². The van der Waals surface area contributed by atoms with E-state index in [1.807, 2.05) is 0 Å². The van der Waals surface area contributed by atoms with Gasteiger partial charge in [0.25, 0.3) is 0 Å². The van der Waals surface area contributed by atoms with Gasteiger partial charge in [0.2, 0.25) is 0 Å². The van der Waals surface area contributed by atoms with Gasteiger partial charge in [-0.05, 0) is 49.9 Å². The fraction of sp³-hybridized carbons (Fsp3) is 0.471. The van der Waals surface area contributed by atoms with Crippen molar-refractivity contribution in [2.24, 2.45) is 0 Å². The number of anilines is 2. The summed E-state index contributed by atoms with van der Waals surface area (Å²) in [5, 5.41) is 4.64. The lowest BCUT2D eigenvalue weighted by atomic mass is 10.1. The summed E-state index contributed by atoms with van der Waals surface area (Å²) in [4.78, 5) is 2.42. The second-order valence-corrected chi connectivity index (χ2v) is 5.81. The molecule has 2 aromatic rings. The highest BCUT2D eigenvalue weighted by atomic mass is 15.3. The molecule has 112 valence electrons. The molecule has 1 aliphatic rings. The summed E-state index contributed by atoms with van der Waals surface area (Å²) in [6.45, 7) is 9.28. The van der Waals surface area contributed by atoms with Gasteiger partial charge in [-0.25, -0.2) is 0 Å². The highest BCUT2D eigenvalue weighted by Gasteiger charge is 2.21. The Balaban J connectivity index is 1.88. The summed E-state index contributed by atoms with van der Waals surface area (Å²) in [5.74, 6) is 0. The highest BCUT2D eigenvalue weighted by Crippen LogP contribution is 2.33. The molecule has 0 bridgehead atoms. The first-order chi connectivity index (χ1) is 10.1. The maximum atomic E-state index is 6.09. The molecule has 1 aromatic heterocycles. The van der Waals surface area contributed by atoms with Crippen LogP contribution in [0.15, 0.2) is 18.2 Å². The first-order valence-electron chi connectivity index (χ1n) is 7.82. The van der Waals surface area contributed by atoms with Gasteiger partial charge in [0.15, 0.2) is 0 Å². The van der Waals surface area contributed by atoms with E-state index in [9.17, 15) is 0 Å². The van der Waals surface area contributed by atoms with Gasteiger partial charge in [-0.2, -0.15) is 5.10 Å². The Hall–Kier alpha value is -1.97. The molecule has 2 heterocycles. The molecule has 0 atom stereocenters. The fourth-order valence-corrected chi connectivity index (χ4v) is 3.09. The quantitative estimate of drug-likeness (QED) is 0.878. The van der Waals surface area contributed by atoms with E-state index < -0.39 is 0 Å². The topological polar surface area (TPSA) is 47.1 Å². The molecule has 0 saturated heterocycles. The van der Waals surface area contributed by atoms with Gasteiger partial charge < -0.3 is 10.6 Å². The number of hydrogen-bond acceptors (Lipinski definition) is 3. The number of aromatic nitrogens is 2. The molecule has 0 amide bonds. The molecule has 2 N–H and O–H groups in total. The predicted octanol–water partition coefficient (Wildman–Crippen LogP) is 2.92. The maximum Gasteiger partial charge on any atom is 0.0625 e. The molecule has 1 aromatic carbocycles. The van der Waals surface area contributed by atoms with Crippen molar-refractivity contribution < 1.29 is 0 Å². The molecule has 0 spiro atoms. The third-order valence-electron chi connectivity index (χ3n) is 4.39. The Morgan fingerprint density at radius 2 is 2.05 bits per heavy atom. The summed E-state index contributed by atoms with van der Waals surface area (Å²) < 4.78 is 2.12.